The van der Waals surface area contributed by atoms with Gasteiger partial charge < -0.3 is 20.7 Å². The molecule has 0 aromatic heterocycles. The number of halogens is 4. The maximum Gasteiger partial charge on any atom is 0.573 e. The molecule has 2 aromatic carbocycles. The van der Waals surface area contributed by atoms with Crippen molar-refractivity contribution < 1.29 is 27.5 Å². The fourth-order valence-corrected chi connectivity index (χ4v) is 4.83. The molecule has 6 nitrogen and oxygen atoms in total. The van der Waals surface area contributed by atoms with Crippen LogP contribution in [0.25, 0.3) is 0 Å². The first kappa shape index (κ1) is 26.5. The number of rotatable bonds is 9. The summed E-state index contributed by atoms with van der Waals surface area (Å²) >= 11 is 3.41. The minimum absolute atomic E-state index is 0.241. The average Bonchev–Trinajstić information content (AvgIpc) is 3.66. The molecule has 1 aliphatic heterocycles. The lowest BCUT2D eigenvalue weighted by Gasteiger charge is -2.26. The molecule has 2 amide bonds. The van der Waals surface area contributed by atoms with E-state index < -0.39 is 17.8 Å². The van der Waals surface area contributed by atoms with Gasteiger partial charge in [-0.05, 0) is 80.1 Å². The third-order valence-electron chi connectivity index (χ3n) is 6.82. The molecule has 3 N–H and O–H groups in total. The molecule has 1 heterocycles. The molecule has 0 radical (unpaired) electrons. The van der Waals surface area contributed by atoms with E-state index in [4.69, 9.17) is 0 Å². The summed E-state index contributed by atoms with van der Waals surface area (Å²) in [7, 11) is 0. The highest BCUT2D eigenvalue weighted by atomic mass is 79.9. The van der Waals surface area contributed by atoms with Crippen LogP contribution in [0.15, 0.2) is 53.0 Å². The number of nitrogens with one attached hydrogen (secondary N) is 3. The monoisotopic (exact) mass is 567 g/mol. The number of ether oxygens (including phenoxy) is 1. The Labute approximate surface area is 216 Å². The number of piperidine rings is 1. The minimum Gasteiger partial charge on any atom is -0.406 e. The molecule has 0 bridgehead atoms. The predicted molar refractivity (Wildman–Crippen MR) is 132 cm³/mol. The molecule has 10 heteroatoms. The molecule has 194 valence electrons. The van der Waals surface area contributed by atoms with Crippen molar-refractivity contribution in [2.75, 3.05) is 19.6 Å². The molecule has 2 aromatic rings. The number of hydrogen-bond acceptors (Lipinski definition) is 4. The van der Waals surface area contributed by atoms with Gasteiger partial charge in [0.05, 0.1) is 5.41 Å². The van der Waals surface area contributed by atoms with E-state index in [1.54, 1.807) is 0 Å². The number of amides is 2. The summed E-state index contributed by atoms with van der Waals surface area (Å²) in [6, 6.07) is 12.2. The van der Waals surface area contributed by atoms with Crippen molar-refractivity contribution in [2.24, 2.45) is 5.92 Å². The van der Waals surface area contributed by atoms with Gasteiger partial charge in [0.2, 0.25) is 11.8 Å². The van der Waals surface area contributed by atoms with Gasteiger partial charge in [-0.15, -0.1) is 13.2 Å². The van der Waals surface area contributed by atoms with Gasteiger partial charge in [0.15, 0.2) is 0 Å². The number of benzene rings is 2. The van der Waals surface area contributed by atoms with Gasteiger partial charge in [-0.1, -0.05) is 40.2 Å². The van der Waals surface area contributed by atoms with Gasteiger partial charge in [-0.25, -0.2) is 0 Å². The first-order valence-corrected chi connectivity index (χ1v) is 12.8. The first-order chi connectivity index (χ1) is 17.1. The average molecular weight is 568 g/mol. The van der Waals surface area contributed by atoms with E-state index in [0.717, 1.165) is 36.0 Å². The van der Waals surface area contributed by atoms with Crippen molar-refractivity contribution in [2.45, 2.75) is 49.9 Å². The van der Waals surface area contributed by atoms with Crippen LogP contribution in [0.4, 0.5) is 13.2 Å². The lowest BCUT2D eigenvalue weighted by Crippen LogP contribution is -2.51. The first-order valence-electron chi connectivity index (χ1n) is 12.0. The van der Waals surface area contributed by atoms with Crippen molar-refractivity contribution >= 4 is 27.7 Å². The molecule has 0 unspecified atom stereocenters. The third kappa shape index (κ3) is 7.00. The van der Waals surface area contributed by atoms with Crippen LogP contribution in [0, 0.1) is 5.92 Å². The Morgan fingerprint density at radius 2 is 1.69 bits per heavy atom. The molecule has 1 saturated carbocycles. The fraction of sp³-hybridized carbons (Fsp3) is 0.462. The molecule has 36 heavy (non-hydrogen) atoms. The van der Waals surface area contributed by atoms with Crippen LogP contribution in [0.5, 0.6) is 5.75 Å². The molecular formula is C26H29BrF3N3O3. The second-order valence-electron chi connectivity index (χ2n) is 9.45. The van der Waals surface area contributed by atoms with Crippen LogP contribution in [-0.2, 0) is 21.4 Å². The summed E-state index contributed by atoms with van der Waals surface area (Å²) in [6.07, 6.45) is -1.37. The van der Waals surface area contributed by atoms with Crippen molar-refractivity contribution in [3.63, 3.8) is 0 Å². The minimum atomic E-state index is -4.78. The summed E-state index contributed by atoms with van der Waals surface area (Å²) < 4.78 is 42.3. The van der Waals surface area contributed by atoms with E-state index >= 15 is 0 Å². The van der Waals surface area contributed by atoms with Crippen molar-refractivity contribution in [3.05, 3.63) is 64.1 Å². The van der Waals surface area contributed by atoms with Crippen LogP contribution in [-0.4, -0.2) is 43.9 Å². The number of alkyl halides is 3. The molecule has 2 aliphatic rings. The summed E-state index contributed by atoms with van der Waals surface area (Å²) in [5.74, 6) is -0.486. The highest BCUT2D eigenvalue weighted by molar-refractivity contribution is 9.10. The van der Waals surface area contributed by atoms with E-state index in [2.05, 4.69) is 36.6 Å². The fourth-order valence-electron chi connectivity index (χ4n) is 4.56. The Kier molecular flexibility index (Phi) is 8.24. The van der Waals surface area contributed by atoms with Crippen molar-refractivity contribution in [1.82, 2.24) is 16.0 Å². The Morgan fingerprint density at radius 1 is 1.06 bits per heavy atom. The van der Waals surface area contributed by atoms with Crippen LogP contribution in [0.3, 0.4) is 0 Å². The van der Waals surface area contributed by atoms with Gasteiger partial charge >= 0.3 is 6.36 Å². The lowest BCUT2D eigenvalue weighted by molar-refractivity contribution is -0.274. The summed E-state index contributed by atoms with van der Waals surface area (Å²) in [5.41, 5.74) is 0.649. The van der Waals surface area contributed by atoms with E-state index in [9.17, 15) is 22.8 Å². The van der Waals surface area contributed by atoms with E-state index in [1.165, 1.54) is 24.3 Å². The second kappa shape index (κ2) is 11.2. The Hall–Kier alpha value is -2.59. The van der Waals surface area contributed by atoms with Crippen LogP contribution >= 0.6 is 15.9 Å². The van der Waals surface area contributed by atoms with Crippen LogP contribution < -0.4 is 20.7 Å². The summed E-state index contributed by atoms with van der Waals surface area (Å²) in [6.45, 7) is 2.41. The topological polar surface area (TPSA) is 79.5 Å². The molecule has 1 aliphatic carbocycles. The smallest absolute Gasteiger partial charge is 0.406 e. The zero-order chi connectivity index (χ0) is 25.8. The van der Waals surface area contributed by atoms with Crippen molar-refractivity contribution in [1.29, 1.82) is 0 Å². The highest BCUT2D eigenvalue weighted by Gasteiger charge is 2.52. The zero-order valence-electron chi connectivity index (χ0n) is 19.7. The summed E-state index contributed by atoms with van der Waals surface area (Å²) in [5, 5.41) is 9.26. The van der Waals surface area contributed by atoms with Gasteiger partial charge in [0, 0.05) is 17.4 Å². The number of carbonyl (C=O) groups is 2. The Morgan fingerprint density at radius 3 is 2.28 bits per heavy atom. The molecular weight excluding hydrogens is 539 g/mol. The largest absolute Gasteiger partial charge is 0.573 e. The van der Waals surface area contributed by atoms with Gasteiger partial charge in [0.1, 0.15) is 11.8 Å². The molecule has 2 fully saturated rings. The standard InChI is InChI=1S/C26H29BrF3N3O3/c27-20-5-1-17(2-6-20)15-22(23(34)32-16-18-9-13-31-14-10-18)33-24(35)25(11-12-25)19-3-7-21(8-4-19)36-26(28,29)30/h1-8,18,22,31H,9-16H2,(H,32,34)(H,33,35)/t22-/m0/s1. The summed E-state index contributed by atoms with van der Waals surface area (Å²) in [4.78, 5) is 26.6. The second-order valence-corrected chi connectivity index (χ2v) is 10.4. The van der Waals surface area contributed by atoms with E-state index in [1.807, 2.05) is 24.3 Å². The molecule has 1 atom stereocenters. The number of hydrogen-bond donors (Lipinski definition) is 3. The van der Waals surface area contributed by atoms with Crippen LogP contribution in [0.2, 0.25) is 0 Å². The predicted octanol–water partition coefficient (Wildman–Crippen LogP) is 4.22. The van der Waals surface area contributed by atoms with Crippen LogP contribution in [0.1, 0.15) is 36.8 Å². The van der Waals surface area contributed by atoms with Crippen molar-refractivity contribution in [3.8, 4) is 5.75 Å². The molecule has 4 rings (SSSR count). The van der Waals surface area contributed by atoms with Gasteiger partial charge in [0.25, 0.3) is 0 Å². The quantitative estimate of drug-likeness (QED) is 0.424. The van der Waals surface area contributed by atoms with Gasteiger partial charge in [-0.3, -0.25) is 9.59 Å². The normalized spacial score (nSPS) is 18.2. The number of carbonyl (C=O) groups excluding carboxylic acids is 2. The lowest BCUT2D eigenvalue weighted by atomic mass is 9.93. The zero-order valence-corrected chi connectivity index (χ0v) is 21.3. The Balaban J connectivity index is 1.45. The maximum atomic E-state index is 13.4. The van der Waals surface area contributed by atoms with Gasteiger partial charge in [-0.2, -0.15) is 0 Å². The SMILES string of the molecule is O=C(NCC1CCNCC1)[C@H](Cc1ccc(Br)cc1)NC(=O)C1(c2ccc(OC(F)(F)F)cc2)CC1. The third-order valence-corrected chi connectivity index (χ3v) is 7.35. The molecule has 0 spiro atoms. The Bertz CT molecular complexity index is 1050. The van der Waals surface area contributed by atoms with E-state index in [-0.39, 0.29) is 17.6 Å². The highest BCUT2D eigenvalue weighted by Crippen LogP contribution is 2.49. The maximum absolute atomic E-state index is 13.4. The van der Waals surface area contributed by atoms with E-state index in [0.29, 0.717) is 37.3 Å². The molecule has 1 saturated heterocycles.